The normalized spacial score (nSPS) is 15.9. The van der Waals surface area contributed by atoms with Crippen molar-refractivity contribution in [2.24, 2.45) is 0 Å². The maximum atomic E-state index is 14.5. The molecule has 2 amide bonds. The summed E-state index contributed by atoms with van der Waals surface area (Å²) < 4.78 is 34.8. The Hall–Kier alpha value is -3.42. The second kappa shape index (κ2) is 7.30. The molecule has 3 heterocycles. The maximum Gasteiger partial charge on any atom is 0.287 e. The van der Waals surface area contributed by atoms with Crippen molar-refractivity contribution in [2.75, 3.05) is 13.1 Å². The Bertz CT molecular complexity index is 1010. The molecule has 1 aromatic carbocycles. The van der Waals surface area contributed by atoms with E-state index >= 15 is 0 Å². The number of amides is 2. The van der Waals surface area contributed by atoms with Crippen LogP contribution >= 0.6 is 0 Å². The summed E-state index contributed by atoms with van der Waals surface area (Å²) in [7, 11) is 0. The number of nitrogens with one attached hydrogen (secondary N) is 1. The summed E-state index contributed by atoms with van der Waals surface area (Å²) in [5, 5.41) is 2.51. The fourth-order valence-electron chi connectivity index (χ4n) is 3.45. The fraction of sp³-hybridized carbons (Fsp3) is 0.200. The summed E-state index contributed by atoms with van der Waals surface area (Å²) >= 11 is 0. The number of hydrogen-bond donors (Lipinski definition) is 1. The van der Waals surface area contributed by atoms with E-state index in [0.717, 1.165) is 11.8 Å². The first-order valence-electron chi connectivity index (χ1n) is 8.76. The van der Waals surface area contributed by atoms with Gasteiger partial charge in [-0.3, -0.25) is 9.59 Å². The van der Waals surface area contributed by atoms with E-state index in [1.54, 1.807) is 12.1 Å². The van der Waals surface area contributed by atoms with Crippen LogP contribution in [0.4, 0.5) is 8.78 Å². The van der Waals surface area contributed by atoms with Crippen LogP contribution in [-0.4, -0.2) is 34.4 Å². The zero-order chi connectivity index (χ0) is 19.7. The van der Waals surface area contributed by atoms with Gasteiger partial charge in [-0.05, 0) is 30.3 Å². The third kappa shape index (κ3) is 3.28. The molecule has 4 rings (SSSR count). The van der Waals surface area contributed by atoms with Crippen molar-refractivity contribution in [1.82, 2.24) is 14.8 Å². The van der Waals surface area contributed by atoms with E-state index < -0.39 is 23.6 Å². The van der Waals surface area contributed by atoms with Gasteiger partial charge in [-0.15, -0.1) is 0 Å². The Morgan fingerprint density at radius 2 is 2.00 bits per heavy atom. The standard InChI is InChI=1S/C20H17F2N3O3/c21-13-5-6-14(15(22)11-13)19-16-3-1-7-24(16)8-9-25(19)18(26)12-23-20(27)17-4-2-10-28-17/h1-7,10-11,19H,8-9,12H2,(H,23,27)/t19-/m0/s1. The predicted octanol–water partition coefficient (Wildman–Crippen LogP) is 2.72. The highest BCUT2D eigenvalue weighted by atomic mass is 19.1. The first-order valence-corrected chi connectivity index (χ1v) is 8.76. The summed E-state index contributed by atoms with van der Waals surface area (Å²) in [6.45, 7) is 0.609. The molecule has 0 spiro atoms. The first-order chi connectivity index (χ1) is 13.5. The molecule has 0 bridgehead atoms. The zero-order valence-electron chi connectivity index (χ0n) is 14.8. The molecular weight excluding hydrogens is 368 g/mol. The largest absolute Gasteiger partial charge is 0.459 e. The van der Waals surface area contributed by atoms with Gasteiger partial charge in [-0.2, -0.15) is 0 Å². The van der Waals surface area contributed by atoms with E-state index in [1.807, 2.05) is 16.8 Å². The summed E-state index contributed by atoms with van der Waals surface area (Å²) in [6, 6.07) is 9.29. The van der Waals surface area contributed by atoms with Crippen LogP contribution in [0.25, 0.3) is 0 Å². The Morgan fingerprint density at radius 3 is 2.75 bits per heavy atom. The monoisotopic (exact) mass is 385 g/mol. The fourth-order valence-corrected chi connectivity index (χ4v) is 3.45. The van der Waals surface area contributed by atoms with Crippen molar-refractivity contribution >= 4 is 11.8 Å². The zero-order valence-corrected chi connectivity index (χ0v) is 14.8. The van der Waals surface area contributed by atoms with E-state index in [0.29, 0.717) is 13.1 Å². The molecule has 3 aromatic rings. The van der Waals surface area contributed by atoms with Crippen LogP contribution in [0.15, 0.2) is 59.3 Å². The summed E-state index contributed by atoms with van der Waals surface area (Å²) in [5.41, 5.74) is 0.925. The quantitative estimate of drug-likeness (QED) is 0.751. The molecule has 0 saturated carbocycles. The number of aromatic nitrogens is 1. The first kappa shape index (κ1) is 18.0. The Morgan fingerprint density at radius 1 is 1.14 bits per heavy atom. The van der Waals surface area contributed by atoms with Crippen LogP contribution in [0.5, 0.6) is 0 Å². The van der Waals surface area contributed by atoms with Crippen LogP contribution < -0.4 is 5.32 Å². The van der Waals surface area contributed by atoms with E-state index in [1.165, 1.54) is 29.4 Å². The smallest absolute Gasteiger partial charge is 0.287 e. The van der Waals surface area contributed by atoms with Gasteiger partial charge in [0.2, 0.25) is 5.91 Å². The molecule has 2 aromatic heterocycles. The van der Waals surface area contributed by atoms with Crippen LogP contribution in [-0.2, 0) is 11.3 Å². The van der Waals surface area contributed by atoms with Crippen molar-refractivity contribution in [3.8, 4) is 0 Å². The molecule has 8 heteroatoms. The van der Waals surface area contributed by atoms with Gasteiger partial charge in [0, 0.05) is 36.6 Å². The van der Waals surface area contributed by atoms with Crippen molar-refractivity contribution in [1.29, 1.82) is 0 Å². The van der Waals surface area contributed by atoms with Gasteiger partial charge < -0.3 is 19.2 Å². The molecule has 1 atom stereocenters. The van der Waals surface area contributed by atoms with Crippen LogP contribution in [0.1, 0.15) is 27.9 Å². The van der Waals surface area contributed by atoms with Gasteiger partial charge in [0.15, 0.2) is 5.76 Å². The van der Waals surface area contributed by atoms with Crippen molar-refractivity contribution in [3.63, 3.8) is 0 Å². The van der Waals surface area contributed by atoms with E-state index in [4.69, 9.17) is 4.42 Å². The highest BCUT2D eigenvalue weighted by molar-refractivity contribution is 5.94. The Balaban J connectivity index is 1.59. The van der Waals surface area contributed by atoms with E-state index in [2.05, 4.69) is 5.32 Å². The second-order valence-electron chi connectivity index (χ2n) is 6.44. The van der Waals surface area contributed by atoms with E-state index in [-0.39, 0.29) is 23.8 Å². The molecule has 0 saturated heterocycles. The lowest BCUT2D eigenvalue weighted by molar-refractivity contribution is -0.132. The second-order valence-corrected chi connectivity index (χ2v) is 6.44. The minimum absolute atomic E-state index is 0.0986. The average molecular weight is 385 g/mol. The number of fused-ring (bicyclic) bond motifs is 1. The minimum atomic E-state index is -0.725. The van der Waals surface area contributed by atoms with Crippen LogP contribution in [0.3, 0.4) is 0 Å². The molecule has 1 N–H and O–H groups in total. The van der Waals surface area contributed by atoms with Gasteiger partial charge in [-0.25, -0.2) is 8.78 Å². The molecular formula is C20H17F2N3O3. The van der Waals surface area contributed by atoms with Crippen molar-refractivity contribution in [3.05, 3.63) is 83.6 Å². The molecule has 144 valence electrons. The summed E-state index contributed by atoms with van der Waals surface area (Å²) in [4.78, 5) is 26.3. The molecule has 0 radical (unpaired) electrons. The highest BCUT2D eigenvalue weighted by Crippen LogP contribution is 2.34. The summed E-state index contributed by atoms with van der Waals surface area (Å²) in [5.74, 6) is -2.20. The third-order valence-corrected chi connectivity index (χ3v) is 4.76. The van der Waals surface area contributed by atoms with Gasteiger partial charge in [0.05, 0.1) is 12.8 Å². The Kier molecular flexibility index (Phi) is 4.68. The number of rotatable bonds is 4. The summed E-state index contributed by atoms with van der Waals surface area (Å²) in [6.07, 6.45) is 3.22. The lowest BCUT2D eigenvalue weighted by atomic mass is 9.99. The van der Waals surface area contributed by atoms with Gasteiger partial charge in [0.25, 0.3) is 5.91 Å². The number of halogens is 2. The SMILES string of the molecule is O=C(NCC(=O)N1CCn2cccc2[C@@H]1c1ccc(F)cc1F)c1ccco1. The predicted molar refractivity (Wildman–Crippen MR) is 95.4 cm³/mol. The number of carbonyl (C=O) groups is 2. The number of nitrogens with zero attached hydrogens (tertiary/aromatic N) is 2. The molecule has 0 fully saturated rings. The average Bonchev–Trinajstić information content (AvgIpc) is 3.37. The lowest BCUT2D eigenvalue weighted by Gasteiger charge is -2.37. The third-order valence-electron chi connectivity index (χ3n) is 4.76. The Labute approximate surface area is 159 Å². The maximum absolute atomic E-state index is 14.5. The molecule has 0 unspecified atom stereocenters. The molecule has 0 aliphatic carbocycles. The molecule has 6 nitrogen and oxygen atoms in total. The lowest BCUT2D eigenvalue weighted by Crippen LogP contribution is -2.46. The molecule has 1 aliphatic heterocycles. The highest BCUT2D eigenvalue weighted by Gasteiger charge is 2.34. The molecule has 28 heavy (non-hydrogen) atoms. The van der Waals surface area contributed by atoms with E-state index in [9.17, 15) is 18.4 Å². The van der Waals surface area contributed by atoms with Gasteiger partial charge >= 0.3 is 0 Å². The number of hydrogen-bond acceptors (Lipinski definition) is 3. The number of benzene rings is 1. The van der Waals surface area contributed by atoms with Crippen molar-refractivity contribution in [2.45, 2.75) is 12.6 Å². The van der Waals surface area contributed by atoms with Crippen LogP contribution in [0, 0.1) is 11.6 Å². The number of carbonyl (C=O) groups excluding carboxylic acids is 2. The molecule has 1 aliphatic rings. The number of furan rings is 1. The topological polar surface area (TPSA) is 67.5 Å². The van der Waals surface area contributed by atoms with Gasteiger partial charge in [-0.1, -0.05) is 6.07 Å². The van der Waals surface area contributed by atoms with Crippen LogP contribution in [0.2, 0.25) is 0 Å². The van der Waals surface area contributed by atoms with Crippen molar-refractivity contribution < 1.29 is 22.8 Å². The minimum Gasteiger partial charge on any atom is -0.459 e. The van der Waals surface area contributed by atoms with Gasteiger partial charge in [0.1, 0.15) is 17.7 Å².